The number of anilines is 2. The summed E-state index contributed by atoms with van der Waals surface area (Å²) in [6.45, 7) is 4.13. The number of carbonyl (C=O) groups is 1. The van der Waals surface area contributed by atoms with Crippen molar-refractivity contribution in [3.63, 3.8) is 0 Å². The number of carbonyl (C=O) groups excluding carboxylic acids is 1. The molecule has 0 unspecified atom stereocenters. The SMILES string of the molecule is C[C@@H](Oc1cc(-c2ccc3c(c2)NCC32CCN(C=O)CC2)cnc1N)c1c(Cl)ccc(F)c1Cl. The van der Waals surface area contributed by atoms with Crippen LogP contribution in [0.4, 0.5) is 15.9 Å². The van der Waals surface area contributed by atoms with Crippen molar-refractivity contribution in [1.82, 2.24) is 9.88 Å². The Morgan fingerprint density at radius 1 is 1.20 bits per heavy atom. The van der Waals surface area contributed by atoms with Crippen LogP contribution < -0.4 is 15.8 Å². The second-order valence-corrected chi connectivity index (χ2v) is 9.95. The highest BCUT2D eigenvalue weighted by Gasteiger charge is 2.41. The molecule has 35 heavy (non-hydrogen) atoms. The Kier molecular flexibility index (Phi) is 6.23. The standard InChI is InChI=1S/C26H25Cl2FN4O2/c1-15(23-19(27)4-5-20(29)24(23)28)35-22-11-17(12-31-25(22)30)16-2-3-18-21(10-16)32-13-26(18)6-8-33(14-34)9-7-26/h2-5,10-12,14-15,32H,6-9,13H2,1H3,(H2,30,31)/t15-/m1/s1. The minimum atomic E-state index is -0.649. The number of piperidine rings is 1. The lowest BCUT2D eigenvalue weighted by Gasteiger charge is -2.37. The molecule has 9 heteroatoms. The van der Waals surface area contributed by atoms with E-state index in [4.69, 9.17) is 33.7 Å². The topological polar surface area (TPSA) is 80.5 Å². The Hall–Kier alpha value is -3.03. The van der Waals surface area contributed by atoms with E-state index in [2.05, 4.69) is 28.5 Å². The number of nitrogens with zero attached hydrogens (tertiary/aromatic N) is 2. The first-order chi connectivity index (χ1) is 16.8. The lowest BCUT2D eigenvalue weighted by atomic mass is 9.74. The Bertz CT molecular complexity index is 1290. The van der Waals surface area contributed by atoms with Crippen molar-refractivity contribution >= 4 is 41.1 Å². The van der Waals surface area contributed by atoms with Crippen LogP contribution in [0.25, 0.3) is 11.1 Å². The zero-order valence-electron chi connectivity index (χ0n) is 19.2. The minimum Gasteiger partial charge on any atom is -0.482 e. The Morgan fingerprint density at radius 2 is 1.97 bits per heavy atom. The summed E-state index contributed by atoms with van der Waals surface area (Å²) in [4.78, 5) is 17.3. The number of fused-ring (bicyclic) bond motifs is 2. The van der Waals surface area contributed by atoms with E-state index in [1.807, 2.05) is 11.0 Å². The van der Waals surface area contributed by atoms with Gasteiger partial charge in [-0.15, -0.1) is 0 Å². The second kappa shape index (κ2) is 9.21. The molecule has 1 fully saturated rings. The van der Waals surface area contributed by atoms with Crippen molar-refractivity contribution in [3.05, 3.63) is 69.6 Å². The summed E-state index contributed by atoms with van der Waals surface area (Å²) in [6, 6.07) is 10.8. The van der Waals surface area contributed by atoms with Crippen molar-refractivity contribution < 1.29 is 13.9 Å². The average molecular weight is 515 g/mol. The van der Waals surface area contributed by atoms with Gasteiger partial charge in [0.05, 0.1) is 5.02 Å². The summed E-state index contributed by atoms with van der Waals surface area (Å²) in [5.74, 6) is 0.00332. The summed E-state index contributed by atoms with van der Waals surface area (Å²) in [5, 5.41) is 3.78. The maximum absolute atomic E-state index is 14.0. The van der Waals surface area contributed by atoms with Crippen molar-refractivity contribution in [2.75, 3.05) is 30.7 Å². The Labute approximate surface area is 213 Å². The molecule has 1 spiro atoms. The first-order valence-corrected chi connectivity index (χ1v) is 12.2. The molecule has 1 atom stereocenters. The van der Waals surface area contributed by atoms with Crippen LogP contribution in [-0.4, -0.2) is 35.9 Å². The van der Waals surface area contributed by atoms with Crippen LogP contribution in [0, 0.1) is 5.82 Å². The summed E-state index contributed by atoms with van der Waals surface area (Å²) < 4.78 is 20.0. The highest BCUT2D eigenvalue weighted by molar-refractivity contribution is 6.36. The van der Waals surface area contributed by atoms with Gasteiger partial charge in [-0.25, -0.2) is 9.37 Å². The highest BCUT2D eigenvalue weighted by atomic mass is 35.5. The van der Waals surface area contributed by atoms with Gasteiger partial charge in [-0.1, -0.05) is 35.3 Å². The van der Waals surface area contributed by atoms with Gasteiger partial charge in [-0.2, -0.15) is 0 Å². The minimum absolute atomic E-state index is 0.0555. The molecule has 2 aliphatic rings. The third kappa shape index (κ3) is 4.28. The number of amides is 1. The fourth-order valence-corrected chi connectivity index (χ4v) is 5.75. The van der Waals surface area contributed by atoms with E-state index in [0.717, 1.165) is 55.7 Å². The molecule has 1 amide bonds. The number of nitrogen functional groups attached to an aromatic ring is 1. The maximum atomic E-state index is 14.0. The van der Waals surface area contributed by atoms with Gasteiger partial charge in [0.1, 0.15) is 11.9 Å². The van der Waals surface area contributed by atoms with Gasteiger partial charge in [0.15, 0.2) is 11.6 Å². The van der Waals surface area contributed by atoms with Crippen LogP contribution in [0.15, 0.2) is 42.6 Å². The Balaban J connectivity index is 1.41. The van der Waals surface area contributed by atoms with Crippen LogP contribution in [-0.2, 0) is 10.2 Å². The molecule has 1 saturated heterocycles. The van der Waals surface area contributed by atoms with Crippen molar-refractivity contribution in [3.8, 4) is 16.9 Å². The van der Waals surface area contributed by atoms with E-state index >= 15 is 0 Å². The van der Waals surface area contributed by atoms with Crippen molar-refractivity contribution in [2.24, 2.45) is 0 Å². The first-order valence-electron chi connectivity index (χ1n) is 11.4. The number of likely N-dealkylation sites (tertiary alicyclic amines) is 1. The largest absolute Gasteiger partial charge is 0.482 e. The predicted molar refractivity (Wildman–Crippen MR) is 137 cm³/mol. The van der Waals surface area contributed by atoms with Gasteiger partial charge in [-0.3, -0.25) is 4.79 Å². The molecule has 1 aromatic heterocycles. The molecular weight excluding hydrogens is 490 g/mol. The number of nitrogens with one attached hydrogen (secondary N) is 1. The number of ether oxygens (including phenoxy) is 1. The molecular formula is C26H25Cl2FN4O2. The van der Waals surface area contributed by atoms with E-state index < -0.39 is 11.9 Å². The average Bonchev–Trinajstić information content (AvgIpc) is 3.21. The molecule has 2 aromatic carbocycles. The highest BCUT2D eigenvalue weighted by Crippen LogP contribution is 2.45. The molecule has 3 heterocycles. The molecule has 182 valence electrons. The van der Waals surface area contributed by atoms with Crippen LogP contribution >= 0.6 is 23.2 Å². The normalized spacial score (nSPS) is 17.1. The Morgan fingerprint density at radius 3 is 2.71 bits per heavy atom. The molecule has 6 nitrogen and oxygen atoms in total. The quantitative estimate of drug-likeness (QED) is 0.330. The van der Waals surface area contributed by atoms with E-state index in [1.54, 1.807) is 13.1 Å². The van der Waals surface area contributed by atoms with Crippen LogP contribution in [0.5, 0.6) is 5.75 Å². The molecule has 0 radical (unpaired) electrons. The van der Waals surface area contributed by atoms with E-state index in [-0.39, 0.29) is 16.3 Å². The van der Waals surface area contributed by atoms with Crippen LogP contribution in [0.2, 0.25) is 10.0 Å². The van der Waals surface area contributed by atoms with Gasteiger partial charge in [0.2, 0.25) is 6.41 Å². The number of pyridine rings is 1. The van der Waals surface area contributed by atoms with Crippen LogP contribution in [0.1, 0.15) is 37.0 Å². The number of nitrogens with two attached hydrogens (primary N) is 1. The fourth-order valence-electron chi connectivity index (χ4n) is 5.07. The summed E-state index contributed by atoms with van der Waals surface area (Å²) in [6.07, 6.45) is 3.86. The predicted octanol–water partition coefficient (Wildman–Crippen LogP) is 5.83. The lowest BCUT2D eigenvalue weighted by molar-refractivity contribution is -0.119. The number of aromatic nitrogens is 1. The fraction of sp³-hybridized carbons (Fsp3) is 0.308. The van der Waals surface area contributed by atoms with E-state index in [0.29, 0.717) is 16.3 Å². The van der Waals surface area contributed by atoms with Gasteiger partial charge >= 0.3 is 0 Å². The number of rotatable bonds is 5. The molecule has 0 aliphatic carbocycles. The summed E-state index contributed by atoms with van der Waals surface area (Å²) in [7, 11) is 0. The third-order valence-electron chi connectivity index (χ3n) is 7.12. The van der Waals surface area contributed by atoms with Gasteiger partial charge in [0.25, 0.3) is 0 Å². The van der Waals surface area contributed by atoms with Crippen LogP contribution in [0.3, 0.4) is 0 Å². The lowest BCUT2D eigenvalue weighted by Crippen LogP contribution is -2.43. The molecule has 0 bridgehead atoms. The second-order valence-electron chi connectivity index (χ2n) is 9.16. The number of hydrogen-bond donors (Lipinski definition) is 2. The number of hydrogen-bond acceptors (Lipinski definition) is 5. The van der Waals surface area contributed by atoms with E-state index in [1.165, 1.54) is 17.7 Å². The first kappa shape index (κ1) is 23.7. The summed E-state index contributed by atoms with van der Waals surface area (Å²) >= 11 is 12.4. The molecule has 3 N–H and O–H groups in total. The zero-order valence-corrected chi connectivity index (χ0v) is 20.7. The van der Waals surface area contributed by atoms with E-state index in [9.17, 15) is 9.18 Å². The smallest absolute Gasteiger partial charge is 0.209 e. The van der Waals surface area contributed by atoms with Crippen molar-refractivity contribution in [2.45, 2.75) is 31.3 Å². The zero-order chi connectivity index (χ0) is 24.7. The summed E-state index contributed by atoms with van der Waals surface area (Å²) in [5.41, 5.74) is 10.7. The molecule has 0 saturated carbocycles. The van der Waals surface area contributed by atoms with Gasteiger partial charge in [0, 0.05) is 53.1 Å². The number of halogens is 3. The van der Waals surface area contributed by atoms with Crippen molar-refractivity contribution in [1.29, 1.82) is 0 Å². The molecule has 2 aliphatic heterocycles. The molecule has 5 rings (SSSR count). The van der Waals surface area contributed by atoms with Gasteiger partial charge < -0.3 is 20.7 Å². The number of benzene rings is 2. The molecule has 3 aromatic rings. The third-order valence-corrected chi connectivity index (χ3v) is 7.83. The van der Waals surface area contributed by atoms with Gasteiger partial charge in [-0.05, 0) is 55.2 Å². The monoisotopic (exact) mass is 514 g/mol. The maximum Gasteiger partial charge on any atom is 0.209 e.